The molecule has 0 bridgehead atoms. The van der Waals surface area contributed by atoms with Gasteiger partial charge in [0, 0.05) is 32.4 Å². The van der Waals surface area contributed by atoms with Crippen molar-refractivity contribution in [2.45, 2.75) is 32.5 Å². The lowest BCUT2D eigenvalue weighted by Crippen LogP contribution is -2.32. The Morgan fingerprint density at radius 3 is 2.76 bits per heavy atom. The highest BCUT2D eigenvalue weighted by atomic mass is 19.4. The third kappa shape index (κ3) is 7.93. The van der Waals surface area contributed by atoms with Gasteiger partial charge in [-0.25, -0.2) is 10.1 Å². The van der Waals surface area contributed by atoms with Crippen LogP contribution in [0, 0.1) is 6.92 Å². The monoisotopic (exact) mass is 472 g/mol. The molecule has 0 saturated heterocycles. The number of hydrogen-bond acceptors (Lipinski definition) is 8. The number of aryl methyl sites for hydroxylation is 1. The Morgan fingerprint density at radius 1 is 1.36 bits per heavy atom. The predicted octanol–water partition coefficient (Wildman–Crippen LogP) is 1.98. The van der Waals surface area contributed by atoms with Crippen LogP contribution in [0.15, 0.2) is 23.3 Å². The summed E-state index contributed by atoms with van der Waals surface area (Å²) in [7, 11) is 1.62. The van der Waals surface area contributed by atoms with Crippen molar-refractivity contribution in [3.8, 4) is 5.75 Å². The van der Waals surface area contributed by atoms with E-state index in [1.54, 1.807) is 31.3 Å². The number of alkyl halides is 3. The Balaban J connectivity index is 1.71. The van der Waals surface area contributed by atoms with Crippen LogP contribution in [-0.2, 0) is 15.7 Å². The lowest BCUT2D eigenvalue weighted by atomic mass is 10.2. The number of pyridine rings is 1. The fraction of sp³-hybridized carbons (Fsp3) is 0.500. The van der Waals surface area contributed by atoms with Crippen molar-refractivity contribution in [3.05, 3.63) is 39.9 Å². The minimum absolute atomic E-state index is 0.0149. The van der Waals surface area contributed by atoms with Gasteiger partial charge in [0.25, 0.3) is 5.56 Å². The lowest BCUT2D eigenvalue weighted by Gasteiger charge is -2.19. The van der Waals surface area contributed by atoms with Crippen LogP contribution in [0.25, 0.3) is 0 Å². The summed E-state index contributed by atoms with van der Waals surface area (Å²) in [5.74, 6) is 0.172. The van der Waals surface area contributed by atoms with Gasteiger partial charge in [-0.15, -0.1) is 0 Å². The summed E-state index contributed by atoms with van der Waals surface area (Å²) in [6, 6.07) is 1.01. The van der Waals surface area contributed by atoms with Crippen LogP contribution in [0.3, 0.4) is 0 Å². The summed E-state index contributed by atoms with van der Waals surface area (Å²) in [6.07, 6.45) is -2.25. The molecule has 1 atom stereocenters. The molecule has 0 radical (unpaired) electrons. The van der Waals surface area contributed by atoms with E-state index in [0.29, 0.717) is 18.9 Å². The molecule has 182 valence electrons. The number of hydrogen-bond donors (Lipinski definition) is 4. The van der Waals surface area contributed by atoms with E-state index in [1.807, 2.05) is 6.92 Å². The average Bonchev–Trinajstić information content (AvgIpc) is 2.71. The van der Waals surface area contributed by atoms with Crippen molar-refractivity contribution in [3.63, 3.8) is 0 Å². The maximum Gasteiger partial charge on any atom is 0.423 e. The van der Waals surface area contributed by atoms with Crippen molar-refractivity contribution in [1.82, 2.24) is 20.1 Å². The van der Waals surface area contributed by atoms with Gasteiger partial charge in [-0.1, -0.05) is 0 Å². The lowest BCUT2D eigenvalue weighted by molar-refractivity contribution is -0.138. The minimum Gasteiger partial charge on any atom is -0.504 e. The van der Waals surface area contributed by atoms with Gasteiger partial charge >= 0.3 is 6.18 Å². The molecule has 10 nitrogen and oxygen atoms in total. The summed E-state index contributed by atoms with van der Waals surface area (Å²) in [4.78, 5) is 29.2. The molecular formula is C20H27F3N6O4. The summed E-state index contributed by atoms with van der Waals surface area (Å²) in [5, 5.41) is 20.5. The van der Waals surface area contributed by atoms with Crippen LogP contribution < -0.4 is 16.2 Å². The fourth-order valence-electron chi connectivity index (χ4n) is 2.86. The Bertz CT molecular complexity index is 998. The first kappa shape index (κ1) is 25.9. The van der Waals surface area contributed by atoms with Crippen molar-refractivity contribution >= 4 is 17.4 Å². The number of rotatable bonds is 11. The first-order valence-corrected chi connectivity index (χ1v) is 10.1. The number of carbonyl (C=O) groups is 1. The Kier molecular flexibility index (Phi) is 9.02. The second-order valence-corrected chi connectivity index (χ2v) is 7.48. The van der Waals surface area contributed by atoms with Crippen molar-refractivity contribution in [1.29, 1.82) is 0 Å². The number of likely N-dealkylation sites (N-methyl/N-ethyl adjacent to an activating group) is 1. The summed E-state index contributed by atoms with van der Waals surface area (Å²) >= 11 is 0. The molecule has 0 aliphatic carbocycles. The molecule has 0 aromatic carbocycles. The van der Waals surface area contributed by atoms with Gasteiger partial charge < -0.3 is 25.4 Å². The van der Waals surface area contributed by atoms with Gasteiger partial charge in [-0.2, -0.15) is 18.3 Å². The standard InChI is InChI=1S/C20H27F3N6O4/c1-12-8-15(30)18(25-9-12)24-5-6-29(3)16(31)4-7-33-11-13(2)27-14-10-26-28-19(32)17(14)20(21,22)23/h8-10,13,30H,4-7,11H2,1-3H3,(H,24,25)(H2,27,28,32)/t13-/m0/s1. The second-order valence-electron chi connectivity index (χ2n) is 7.48. The van der Waals surface area contributed by atoms with Crippen LogP contribution in [0.5, 0.6) is 5.75 Å². The van der Waals surface area contributed by atoms with Gasteiger partial charge in [0.1, 0.15) is 5.56 Å². The fourth-order valence-corrected chi connectivity index (χ4v) is 2.86. The van der Waals surface area contributed by atoms with Gasteiger partial charge in [0.15, 0.2) is 11.6 Å². The maximum atomic E-state index is 13.1. The third-order valence-corrected chi connectivity index (χ3v) is 4.54. The number of amides is 1. The Hall–Kier alpha value is -3.35. The van der Waals surface area contributed by atoms with Gasteiger partial charge in [0.05, 0.1) is 31.5 Å². The molecule has 0 unspecified atom stereocenters. The molecule has 0 aliphatic rings. The molecule has 0 fully saturated rings. The minimum atomic E-state index is -4.83. The Labute approximate surface area is 188 Å². The van der Waals surface area contributed by atoms with Crippen LogP contribution in [-0.4, -0.2) is 70.5 Å². The first-order valence-electron chi connectivity index (χ1n) is 10.1. The second kappa shape index (κ2) is 11.5. The van der Waals surface area contributed by atoms with E-state index in [4.69, 9.17) is 4.74 Å². The molecule has 1 amide bonds. The van der Waals surface area contributed by atoms with E-state index in [1.165, 1.54) is 4.90 Å². The molecule has 13 heteroatoms. The number of nitrogens with one attached hydrogen (secondary N) is 3. The zero-order chi connectivity index (χ0) is 24.6. The zero-order valence-corrected chi connectivity index (χ0v) is 18.5. The van der Waals surface area contributed by atoms with Crippen LogP contribution in [0.4, 0.5) is 24.7 Å². The number of halogens is 3. The van der Waals surface area contributed by atoms with Crippen LogP contribution in [0.1, 0.15) is 24.5 Å². The molecule has 0 spiro atoms. The normalized spacial score (nSPS) is 12.3. The topological polar surface area (TPSA) is 132 Å². The molecule has 4 N–H and O–H groups in total. The van der Waals surface area contributed by atoms with Crippen molar-refractivity contribution < 1.29 is 27.8 Å². The number of aromatic hydroxyl groups is 1. The van der Waals surface area contributed by atoms with Crippen LogP contribution >= 0.6 is 0 Å². The van der Waals surface area contributed by atoms with E-state index in [2.05, 4.69) is 20.7 Å². The zero-order valence-electron chi connectivity index (χ0n) is 18.5. The quantitative estimate of drug-likeness (QED) is 0.365. The highest BCUT2D eigenvalue weighted by molar-refractivity contribution is 5.76. The average molecular weight is 472 g/mol. The predicted molar refractivity (Wildman–Crippen MR) is 115 cm³/mol. The van der Waals surface area contributed by atoms with E-state index >= 15 is 0 Å². The highest BCUT2D eigenvalue weighted by Crippen LogP contribution is 2.31. The number of aromatic nitrogens is 3. The van der Waals surface area contributed by atoms with Gasteiger partial charge in [0.2, 0.25) is 5.91 Å². The van der Waals surface area contributed by atoms with Gasteiger partial charge in [-0.3, -0.25) is 9.59 Å². The molecule has 2 heterocycles. The molecule has 2 aromatic rings. The van der Waals surface area contributed by atoms with Crippen LogP contribution in [0.2, 0.25) is 0 Å². The van der Waals surface area contributed by atoms with E-state index in [0.717, 1.165) is 11.8 Å². The molecule has 0 saturated carbocycles. The number of aromatic amines is 1. The summed E-state index contributed by atoms with van der Waals surface area (Å²) in [6.45, 7) is 4.21. The van der Waals surface area contributed by atoms with Crippen molar-refractivity contribution in [2.24, 2.45) is 0 Å². The first-order chi connectivity index (χ1) is 15.5. The summed E-state index contributed by atoms with van der Waals surface area (Å²) in [5.41, 5.74) is -2.31. The molecular weight excluding hydrogens is 445 g/mol. The third-order valence-electron chi connectivity index (χ3n) is 4.54. The maximum absolute atomic E-state index is 13.1. The number of carbonyl (C=O) groups excluding carboxylic acids is 1. The molecule has 0 aliphatic heterocycles. The largest absolute Gasteiger partial charge is 0.504 e. The smallest absolute Gasteiger partial charge is 0.423 e. The number of anilines is 2. The van der Waals surface area contributed by atoms with E-state index in [9.17, 15) is 27.9 Å². The van der Waals surface area contributed by atoms with Crippen molar-refractivity contribution in [2.75, 3.05) is 44.0 Å². The number of H-pyrrole nitrogens is 1. The Morgan fingerprint density at radius 2 is 2.09 bits per heavy atom. The summed E-state index contributed by atoms with van der Waals surface area (Å²) < 4.78 is 44.6. The number of ether oxygens (including phenoxy) is 1. The molecule has 33 heavy (non-hydrogen) atoms. The number of nitrogens with zero attached hydrogens (tertiary/aromatic N) is 3. The van der Waals surface area contributed by atoms with Gasteiger partial charge in [-0.05, 0) is 25.5 Å². The SMILES string of the molecule is Cc1cnc(NCCN(C)C(=O)CCOC[C@H](C)Nc2cn[nH]c(=O)c2C(F)(F)F)c(O)c1. The van der Waals surface area contributed by atoms with E-state index < -0.39 is 29.0 Å². The van der Waals surface area contributed by atoms with E-state index in [-0.39, 0.29) is 31.3 Å². The molecule has 2 aromatic heterocycles. The highest BCUT2D eigenvalue weighted by Gasteiger charge is 2.37. The molecule has 2 rings (SSSR count).